The average molecular weight is 474 g/mol. The van der Waals surface area contributed by atoms with Crippen LogP contribution in [-0.2, 0) is 4.79 Å². The van der Waals surface area contributed by atoms with Crippen LogP contribution < -0.4 is 10.1 Å². The highest BCUT2D eigenvalue weighted by atomic mass is 127. The Balaban J connectivity index is 2.11. The number of nitrogens with one attached hydrogen (secondary N) is 1. The molecule has 0 aliphatic heterocycles. The molecule has 0 aromatic heterocycles. The van der Waals surface area contributed by atoms with Crippen LogP contribution in [0.25, 0.3) is 6.08 Å². The van der Waals surface area contributed by atoms with E-state index in [1.54, 1.807) is 6.08 Å². The van der Waals surface area contributed by atoms with Gasteiger partial charge in [0.15, 0.2) is 0 Å². The van der Waals surface area contributed by atoms with Crippen LogP contribution in [0.2, 0.25) is 0 Å². The van der Waals surface area contributed by atoms with Crippen LogP contribution in [0.5, 0.6) is 5.75 Å². The lowest BCUT2D eigenvalue weighted by Crippen LogP contribution is -2.14. The second-order valence-electron chi connectivity index (χ2n) is 6.05. The molecule has 4 nitrogen and oxygen atoms in total. The molecule has 0 heterocycles. The molecule has 27 heavy (non-hydrogen) atoms. The monoisotopic (exact) mass is 474 g/mol. The molecule has 2 rings (SSSR count). The van der Waals surface area contributed by atoms with E-state index >= 15 is 0 Å². The van der Waals surface area contributed by atoms with Gasteiger partial charge in [0.05, 0.1) is 12.3 Å². The molecular formula is C22H23IN2O2. The highest BCUT2D eigenvalue weighted by Crippen LogP contribution is 2.23. The van der Waals surface area contributed by atoms with Crippen molar-refractivity contribution in [1.29, 1.82) is 5.26 Å². The molecule has 2 aromatic rings. The number of carbonyl (C=O) groups excluding carboxylic acids is 1. The van der Waals surface area contributed by atoms with Gasteiger partial charge in [0, 0.05) is 9.13 Å². The van der Waals surface area contributed by atoms with Crippen molar-refractivity contribution in [1.82, 2.24) is 0 Å². The van der Waals surface area contributed by atoms with Crippen molar-refractivity contribution in [3.8, 4) is 11.8 Å². The SMILES string of the molecule is CCCCCCOc1ccccc1/C=C(\C#N)C(=O)Nc1ccccc1I. The van der Waals surface area contributed by atoms with Gasteiger partial charge in [0.1, 0.15) is 17.4 Å². The molecule has 0 bridgehead atoms. The molecule has 1 amide bonds. The van der Waals surface area contributed by atoms with Crippen molar-refractivity contribution in [3.05, 3.63) is 63.2 Å². The minimum atomic E-state index is -0.431. The Kier molecular flexibility index (Phi) is 8.85. The van der Waals surface area contributed by atoms with Crippen LogP contribution in [0.1, 0.15) is 38.2 Å². The Morgan fingerprint density at radius 1 is 1.15 bits per heavy atom. The molecule has 0 fully saturated rings. The first-order valence-electron chi connectivity index (χ1n) is 9.05. The fourth-order valence-electron chi connectivity index (χ4n) is 2.50. The fraction of sp³-hybridized carbons (Fsp3) is 0.273. The summed E-state index contributed by atoms with van der Waals surface area (Å²) in [4.78, 5) is 12.5. The number of unbranched alkanes of at least 4 members (excludes halogenated alkanes) is 3. The number of hydrogen-bond donors (Lipinski definition) is 1. The molecule has 140 valence electrons. The number of hydrogen-bond acceptors (Lipinski definition) is 3. The van der Waals surface area contributed by atoms with Crippen LogP contribution in [-0.4, -0.2) is 12.5 Å². The van der Waals surface area contributed by atoms with Crippen LogP contribution in [0.3, 0.4) is 0 Å². The highest BCUT2D eigenvalue weighted by molar-refractivity contribution is 14.1. The number of nitriles is 1. The molecule has 0 aliphatic carbocycles. The van der Waals surface area contributed by atoms with E-state index < -0.39 is 5.91 Å². The van der Waals surface area contributed by atoms with E-state index in [0.29, 0.717) is 18.0 Å². The van der Waals surface area contributed by atoms with E-state index in [4.69, 9.17) is 4.74 Å². The molecule has 0 spiro atoms. The van der Waals surface area contributed by atoms with Gasteiger partial charge >= 0.3 is 0 Å². The summed E-state index contributed by atoms with van der Waals surface area (Å²) in [7, 11) is 0. The van der Waals surface area contributed by atoms with Crippen molar-refractivity contribution < 1.29 is 9.53 Å². The zero-order valence-electron chi connectivity index (χ0n) is 15.4. The minimum Gasteiger partial charge on any atom is -0.493 e. The Bertz CT molecular complexity index is 840. The van der Waals surface area contributed by atoms with Crippen LogP contribution >= 0.6 is 22.6 Å². The molecule has 0 saturated carbocycles. The first-order valence-corrected chi connectivity index (χ1v) is 10.1. The maximum absolute atomic E-state index is 12.5. The highest BCUT2D eigenvalue weighted by Gasteiger charge is 2.12. The normalized spacial score (nSPS) is 10.9. The van der Waals surface area contributed by atoms with Crippen LogP contribution in [0.4, 0.5) is 5.69 Å². The zero-order chi connectivity index (χ0) is 19.5. The van der Waals surface area contributed by atoms with E-state index in [9.17, 15) is 10.1 Å². The largest absolute Gasteiger partial charge is 0.493 e. The fourth-order valence-corrected chi connectivity index (χ4v) is 3.02. The third-order valence-electron chi connectivity index (χ3n) is 3.96. The molecule has 1 N–H and O–H groups in total. The van der Waals surface area contributed by atoms with Crippen LogP contribution in [0, 0.1) is 14.9 Å². The molecular weight excluding hydrogens is 451 g/mol. The minimum absolute atomic E-state index is 0.0386. The number of anilines is 1. The maximum atomic E-state index is 12.5. The number of carbonyl (C=O) groups is 1. The lowest BCUT2D eigenvalue weighted by Gasteiger charge is -2.10. The van der Waals surface area contributed by atoms with Crippen LogP contribution in [0.15, 0.2) is 54.1 Å². The summed E-state index contributed by atoms with van der Waals surface area (Å²) in [5.41, 5.74) is 1.45. The van der Waals surface area contributed by atoms with E-state index in [2.05, 4.69) is 34.8 Å². The summed E-state index contributed by atoms with van der Waals surface area (Å²) in [6.45, 7) is 2.80. The molecule has 0 aliphatic rings. The number of halogens is 1. The number of amides is 1. The predicted octanol–water partition coefficient (Wildman–Crippen LogP) is 5.80. The summed E-state index contributed by atoms with van der Waals surface area (Å²) in [5.74, 6) is 0.253. The number of para-hydroxylation sites is 2. The molecule has 2 aromatic carbocycles. The van der Waals surface area contributed by atoms with Gasteiger partial charge in [-0.2, -0.15) is 5.26 Å². The molecule has 0 unspecified atom stereocenters. The Labute approximate surface area is 174 Å². The predicted molar refractivity (Wildman–Crippen MR) is 117 cm³/mol. The van der Waals surface area contributed by atoms with Gasteiger partial charge in [0.2, 0.25) is 0 Å². The van der Waals surface area contributed by atoms with Gasteiger partial charge < -0.3 is 10.1 Å². The Morgan fingerprint density at radius 2 is 1.89 bits per heavy atom. The van der Waals surface area contributed by atoms with Gasteiger partial charge in [-0.3, -0.25) is 4.79 Å². The van der Waals surface area contributed by atoms with E-state index in [1.807, 2.05) is 54.6 Å². The summed E-state index contributed by atoms with van der Waals surface area (Å²) in [5, 5.41) is 12.2. The molecule has 5 heteroatoms. The second-order valence-corrected chi connectivity index (χ2v) is 7.21. The lowest BCUT2D eigenvalue weighted by molar-refractivity contribution is -0.112. The van der Waals surface area contributed by atoms with Gasteiger partial charge in [-0.25, -0.2) is 0 Å². The van der Waals surface area contributed by atoms with Gasteiger partial charge in [0.25, 0.3) is 5.91 Å². The molecule has 0 radical (unpaired) electrons. The summed E-state index contributed by atoms with van der Waals surface area (Å²) in [6.07, 6.45) is 6.08. The number of nitrogens with zero attached hydrogens (tertiary/aromatic N) is 1. The van der Waals surface area contributed by atoms with Gasteiger partial charge in [-0.1, -0.05) is 56.5 Å². The number of benzene rings is 2. The Morgan fingerprint density at radius 3 is 2.63 bits per heavy atom. The summed E-state index contributed by atoms with van der Waals surface area (Å²) >= 11 is 2.15. The van der Waals surface area contributed by atoms with E-state index in [-0.39, 0.29) is 5.57 Å². The van der Waals surface area contributed by atoms with Gasteiger partial charge in [-0.15, -0.1) is 0 Å². The van der Waals surface area contributed by atoms with Crippen molar-refractivity contribution in [2.75, 3.05) is 11.9 Å². The molecule has 0 atom stereocenters. The first kappa shape index (κ1) is 21.0. The van der Waals surface area contributed by atoms with E-state index in [0.717, 1.165) is 22.0 Å². The van der Waals surface area contributed by atoms with Crippen molar-refractivity contribution in [2.24, 2.45) is 0 Å². The zero-order valence-corrected chi connectivity index (χ0v) is 17.5. The topological polar surface area (TPSA) is 62.1 Å². The third-order valence-corrected chi connectivity index (χ3v) is 4.90. The third kappa shape index (κ3) is 6.72. The first-order chi connectivity index (χ1) is 13.2. The van der Waals surface area contributed by atoms with E-state index in [1.165, 1.54) is 12.8 Å². The van der Waals surface area contributed by atoms with Crippen molar-refractivity contribution in [2.45, 2.75) is 32.6 Å². The lowest BCUT2D eigenvalue weighted by atomic mass is 10.1. The summed E-state index contributed by atoms with van der Waals surface area (Å²) in [6, 6.07) is 16.9. The quantitative estimate of drug-likeness (QED) is 0.216. The average Bonchev–Trinajstić information content (AvgIpc) is 2.68. The smallest absolute Gasteiger partial charge is 0.266 e. The standard InChI is InChI=1S/C22H23IN2O2/c1-2-3-4-9-14-27-21-13-8-5-10-17(21)15-18(16-24)22(26)25-20-12-7-6-11-19(20)23/h5-8,10-13,15H,2-4,9,14H2,1H3,(H,25,26)/b18-15+. The van der Waals surface area contributed by atoms with Crippen molar-refractivity contribution in [3.63, 3.8) is 0 Å². The Hall–Kier alpha value is -2.33. The van der Waals surface area contributed by atoms with Gasteiger partial charge in [-0.05, 0) is 53.3 Å². The second kappa shape index (κ2) is 11.4. The number of rotatable bonds is 9. The van der Waals surface area contributed by atoms with Crippen molar-refractivity contribution >= 4 is 40.3 Å². The number of ether oxygens (including phenoxy) is 1. The molecule has 0 saturated heterocycles. The maximum Gasteiger partial charge on any atom is 0.266 e. The summed E-state index contributed by atoms with van der Waals surface area (Å²) < 4.78 is 6.77.